The summed E-state index contributed by atoms with van der Waals surface area (Å²) in [6.07, 6.45) is 6.26. The highest BCUT2D eigenvalue weighted by Gasteiger charge is 2.59. The number of carbonyl (C=O) groups is 2. The minimum atomic E-state index is -0.592. The number of hydrogen-bond donors (Lipinski definition) is 1. The Bertz CT molecular complexity index is 1750. The van der Waals surface area contributed by atoms with Gasteiger partial charge in [0.25, 0.3) is 0 Å². The molecule has 3 aliphatic carbocycles. The summed E-state index contributed by atoms with van der Waals surface area (Å²) in [5.74, 6) is -0.611. The molecule has 1 heterocycles. The number of fused-ring (bicyclic) bond motifs is 5. The molecule has 1 N–H and O–H groups in total. The highest BCUT2D eigenvalue weighted by atomic mass is 16.5. The van der Waals surface area contributed by atoms with Crippen LogP contribution in [0.15, 0.2) is 71.5 Å². The second-order valence-corrected chi connectivity index (χ2v) is 14.4. The topological polar surface area (TPSA) is 55.4 Å². The molecule has 2 fully saturated rings. The number of benzene rings is 3. The zero-order chi connectivity index (χ0) is 30.4. The normalized spacial score (nSPS) is 29.9. The summed E-state index contributed by atoms with van der Waals surface area (Å²) in [7, 11) is 1.47. The molecule has 2 saturated carbocycles. The van der Waals surface area contributed by atoms with Gasteiger partial charge in [-0.1, -0.05) is 80.4 Å². The Labute approximate surface area is 255 Å². The molecule has 1 aliphatic heterocycles. The highest BCUT2D eigenvalue weighted by molar-refractivity contribution is 6.06. The van der Waals surface area contributed by atoms with Crippen molar-refractivity contribution in [2.45, 2.75) is 79.1 Å². The molecule has 4 heteroatoms. The summed E-state index contributed by atoms with van der Waals surface area (Å²) in [4.78, 5) is 28.4. The lowest BCUT2D eigenvalue weighted by Gasteiger charge is -2.41. The van der Waals surface area contributed by atoms with Crippen LogP contribution in [0.2, 0.25) is 0 Å². The highest BCUT2D eigenvalue weighted by Crippen LogP contribution is 2.68. The molecule has 0 radical (unpaired) electrons. The number of Topliss-reactive ketones (excluding diaryl/α,β-unsaturated/α-hetero) is 1. The fourth-order valence-electron chi connectivity index (χ4n) is 9.55. The molecule has 0 aromatic heterocycles. The zero-order valence-electron chi connectivity index (χ0n) is 26.6. The lowest BCUT2D eigenvalue weighted by Crippen LogP contribution is -2.40. The van der Waals surface area contributed by atoms with E-state index in [0.717, 1.165) is 56.4 Å². The summed E-state index contributed by atoms with van der Waals surface area (Å²) >= 11 is 0. The van der Waals surface area contributed by atoms with E-state index < -0.39 is 5.92 Å². The fourth-order valence-corrected chi connectivity index (χ4v) is 9.55. The maximum Gasteiger partial charge on any atom is 0.315 e. The van der Waals surface area contributed by atoms with Gasteiger partial charge in [0.15, 0.2) is 5.78 Å². The number of hydrogen-bond acceptors (Lipinski definition) is 4. The van der Waals surface area contributed by atoms with E-state index in [4.69, 9.17) is 4.74 Å². The van der Waals surface area contributed by atoms with Gasteiger partial charge in [0.1, 0.15) is 5.92 Å². The molecule has 7 rings (SSSR count). The van der Waals surface area contributed by atoms with E-state index in [0.29, 0.717) is 5.92 Å². The van der Waals surface area contributed by atoms with Gasteiger partial charge in [-0.3, -0.25) is 9.59 Å². The monoisotopic (exact) mass is 573 g/mol. The van der Waals surface area contributed by atoms with Crippen molar-refractivity contribution in [3.05, 3.63) is 99.3 Å². The Balaban J connectivity index is 1.48. The predicted molar refractivity (Wildman–Crippen MR) is 173 cm³/mol. The third-order valence-corrected chi connectivity index (χ3v) is 12.1. The Morgan fingerprint density at radius 1 is 0.977 bits per heavy atom. The number of rotatable bonds is 3. The first kappa shape index (κ1) is 28.1. The third kappa shape index (κ3) is 3.94. The van der Waals surface area contributed by atoms with Crippen LogP contribution >= 0.6 is 0 Å². The van der Waals surface area contributed by atoms with E-state index in [2.05, 4.69) is 101 Å². The number of carbonyl (C=O) groups excluding carboxylic acids is 2. The molecule has 4 aliphatic rings. The molecule has 3 aromatic carbocycles. The molecular formula is C39H43NO3. The second-order valence-electron chi connectivity index (χ2n) is 14.4. The first-order valence-electron chi connectivity index (χ1n) is 15.9. The maximum atomic E-state index is 14.6. The molecule has 2 unspecified atom stereocenters. The molecule has 222 valence electrons. The van der Waals surface area contributed by atoms with E-state index >= 15 is 0 Å². The number of aryl methyl sites for hydroxylation is 3. The summed E-state index contributed by atoms with van der Waals surface area (Å²) in [5, 5.41) is 5.99. The molecule has 43 heavy (non-hydrogen) atoms. The lowest BCUT2D eigenvalue weighted by molar-refractivity contribution is -0.145. The van der Waals surface area contributed by atoms with E-state index in [1.807, 2.05) is 0 Å². The van der Waals surface area contributed by atoms with Gasteiger partial charge in [0.2, 0.25) is 0 Å². The molecule has 2 bridgehead atoms. The zero-order valence-corrected chi connectivity index (χ0v) is 26.6. The van der Waals surface area contributed by atoms with Gasteiger partial charge in [0.05, 0.1) is 7.11 Å². The second kappa shape index (κ2) is 9.67. The summed E-state index contributed by atoms with van der Waals surface area (Å²) in [6.45, 7) is 13.6. The average Bonchev–Trinajstić information content (AvgIpc) is 3.29. The Morgan fingerprint density at radius 2 is 1.70 bits per heavy atom. The number of allylic oxidation sites excluding steroid dienone is 3. The van der Waals surface area contributed by atoms with Crippen molar-refractivity contribution < 1.29 is 14.3 Å². The van der Waals surface area contributed by atoms with Crippen LogP contribution in [0, 0.1) is 43.4 Å². The van der Waals surface area contributed by atoms with Gasteiger partial charge < -0.3 is 10.1 Å². The molecule has 3 aromatic rings. The van der Waals surface area contributed by atoms with Gasteiger partial charge in [0, 0.05) is 35.2 Å². The number of nitrogens with one attached hydrogen (secondary N) is 1. The van der Waals surface area contributed by atoms with Crippen molar-refractivity contribution in [3.8, 4) is 0 Å². The van der Waals surface area contributed by atoms with Crippen LogP contribution in [0.1, 0.15) is 86.1 Å². The molecule has 4 nitrogen and oxygen atoms in total. The smallest absolute Gasteiger partial charge is 0.315 e. The van der Waals surface area contributed by atoms with Gasteiger partial charge in [-0.25, -0.2) is 0 Å². The van der Waals surface area contributed by atoms with Crippen LogP contribution < -0.4 is 5.32 Å². The van der Waals surface area contributed by atoms with Gasteiger partial charge >= 0.3 is 5.97 Å². The molecule has 5 atom stereocenters. The number of methoxy groups -OCH3 is 1. The van der Waals surface area contributed by atoms with Crippen molar-refractivity contribution in [1.29, 1.82) is 0 Å². The van der Waals surface area contributed by atoms with Crippen molar-refractivity contribution in [2.24, 2.45) is 22.7 Å². The van der Waals surface area contributed by atoms with E-state index in [1.165, 1.54) is 31.1 Å². The van der Waals surface area contributed by atoms with Gasteiger partial charge in [-0.15, -0.1) is 0 Å². The number of anilines is 1. The maximum absolute atomic E-state index is 14.6. The lowest BCUT2D eigenvalue weighted by atomic mass is 9.65. The number of esters is 1. The SMILES string of the molecule is COC(=O)[C@H]1C2=C(C(=O)C[C@@H]1c1c(C)cc(C)cc1C)[C@H](C=C1CC3CCC1(C)C3(C)C)c1c(ccc3ccccc13)N2. The first-order chi connectivity index (χ1) is 20.5. The van der Waals surface area contributed by atoms with E-state index in [-0.39, 0.29) is 40.8 Å². The van der Waals surface area contributed by atoms with Crippen LogP contribution in [0.3, 0.4) is 0 Å². The summed E-state index contributed by atoms with van der Waals surface area (Å²) in [6, 6.07) is 17.1. The van der Waals surface area contributed by atoms with Crippen LogP contribution in [0.25, 0.3) is 10.8 Å². The van der Waals surface area contributed by atoms with E-state index in [1.54, 1.807) is 0 Å². The predicted octanol–water partition coefficient (Wildman–Crippen LogP) is 8.85. The molecule has 0 amide bonds. The third-order valence-electron chi connectivity index (χ3n) is 12.1. The van der Waals surface area contributed by atoms with Gasteiger partial charge in [-0.05, 0) is 95.9 Å². The van der Waals surface area contributed by atoms with Crippen LogP contribution in [-0.2, 0) is 14.3 Å². The minimum Gasteiger partial charge on any atom is -0.468 e. The van der Waals surface area contributed by atoms with Crippen molar-refractivity contribution >= 4 is 28.2 Å². The van der Waals surface area contributed by atoms with Crippen molar-refractivity contribution in [3.63, 3.8) is 0 Å². The molecule has 0 spiro atoms. The van der Waals surface area contributed by atoms with Crippen LogP contribution in [-0.4, -0.2) is 18.9 Å². The molecular weight excluding hydrogens is 530 g/mol. The Kier molecular flexibility index (Phi) is 6.33. The Morgan fingerprint density at radius 3 is 2.35 bits per heavy atom. The number of ether oxygens (including phenoxy) is 1. The standard InChI is InChI=1S/C39H43NO3/c1-21-16-22(2)32(23(3)17-21)29-20-31(41)34-28(19-26-18-25-14-15-39(26,6)38(25,4)5)33-27-11-9-8-10-24(27)12-13-30(33)40-36(34)35(29)37(42)43-7/h8-13,16-17,19,25,28-29,35,40H,14-15,18,20H2,1-7H3/t25?,28-,29-,35-,39?/m1/s1. The summed E-state index contributed by atoms with van der Waals surface area (Å²) in [5.41, 5.74) is 9.90. The van der Waals surface area contributed by atoms with Crippen molar-refractivity contribution in [1.82, 2.24) is 0 Å². The quantitative estimate of drug-likeness (QED) is 0.251. The fraction of sp³-hybridized carbons (Fsp3) is 0.436. The largest absolute Gasteiger partial charge is 0.468 e. The average molecular weight is 574 g/mol. The van der Waals surface area contributed by atoms with Crippen molar-refractivity contribution in [2.75, 3.05) is 12.4 Å². The number of ketones is 1. The Hall–Kier alpha value is -3.66. The minimum absolute atomic E-state index is 0.103. The molecule has 0 saturated heterocycles. The van der Waals surface area contributed by atoms with Crippen LogP contribution in [0.4, 0.5) is 5.69 Å². The summed E-state index contributed by atoms with van der Waals surface area (Å²) < 4.78 is 5.50. The van der Waals surface area contributed by atoms with Crippen LogP contribution in [0.5, 0.6) is 0 Å². The van der Waals surface area contributed by atoms with E-state index in [9.17, 15) is 9.59 Å². The first-order valence-corrected chi connectivity index (χ1v) is 15.9. The van der Waals surface area contributed by atoms with Gasteiger partial charge in [-0.2, -0.15) is 0 Å².